The van der Waals surface area contributed by atoms with Gasteiger partial charge in [-0.05, 0) is 61.9 Å². The molecule has 1 aliphatic carbocycles. The van der Waals surface area contributed by atoms with Gasteiger partial charge in [0.05, 0.1) is 19.3 Å². The Balaban J connectivity index is 1.52. The smallest absolute Gasteiger partial charge is 0.341 e. The molecule has 2 aromatic rings. The van der Waals surface area contributed by atoms with E-state index in [1.54, 1.807) is 6.07 Å². The zero-order valence-electron chi connectivity index (χ0n) is 15.4. The maximum atomic E-state index is 12.3. The highest BCUT2D eigenvalue weighted by Gasteiger charge is 2.27. The first-order valence-corrected chi connectivity index (χ1v) is 10.1. The number of hydrogen-bond donors (Lipinski definition) is 1. The number of benzene rings is 1. The predicted octanol–water partition coefficient (Wildman–Crippen LogP) is 4.78. The van der Waals surface area contributed by atoms with Crippen LogP contribution in [0.15, 0.2) is 18.2 Å². The van der Waals surface area contributed by atoms with Crippen molar-refractivity contribution >= 4 is 39.8 Å². The zero-order chi connectivity index (χ0) is 19.4. The van der Waals surface area contributed by atoms with Crippen molar-refractivity contribution in [3.05, 3.63) is 44.8 Å². The molecule has 1 N–H and O–H groups in total. The highest BCUT2D eigenvalue weighted by atomic mass is 35.5. The van der Waals surface area contributed by atoms with Gasteiger partial charge in [0, 0.05) is 16.3 Å². The molecular formula is C20H22ClNO4S. The van der Waals surface area contributed by atoms with Gasteiger partial charge >= 0.3 is 5.97 Å². The Hall–Kier alpha value is -2.05. The summed E-state index contributed by atoms with van der Waals surface area (Å²) in [6.45, 7) is 2.35. The Bertz CT molecular complexity index is 862. The maximum Gasteiger partial charge on any atom is 0.341 e. The Morgan fingerprint density at radius 2 is 2.11 bits per heavy atom. The molecule has 0 saturated heterocycles. The molecule has 5 nitrogen and oxygen atoms in total. The Labute approximate surface area is 167 Å². The molecule has 0 radical (unpaired) electrons. The molecule has 0 fully saturated rings. The molecule has 27 heavy (non-hydrogen) atoms. The van der Waals surface area contributed by atoms with Crippen molar-refractivity contribution in [1.82, 2.24) is 0 Å². The van der Waals surface area contributed by atoms with E-state index in [0.717, 1.165) is 36.1 Å². The quantitative estimate of drug-likeness (QED) is 0.529. The number of hydrogen-bond acceptors (Lipinski definition) is 5. The van der Waals surface area contributed by atoms with Crippen molar-refractivity contribution in [3.63, 3.8) is 0 Å². The van der Waals surface area contributed by atoms with Gasteiger partial charge in [0.25, 0.3) is 0 Å². The van der Waals surface area contributed by atoms with E-state index in [-0.39, 0.29) is 11.9 Å². The number of methoxy groups -OCH3 is 1. The molecule has 0 spiro atoms. The predicted molar refractivity (Wildman–Crippen MR) is 107 cm³/mol. The first-order chi connectivity index (χ1) is 13.0. The molecule has 1 aromatic carbocycles. The summed E-state index contributed by atoms with van der Waals surface area (Å²) in [5.41, 5.74) is 2.51. The topological polar surface area (TPSA) is 64.6 Å². The van der Waals surface area contributed by atoms with Crippen LogP contribution in [0.3, 0.4) is 0 Å². The van der Waals surface area contributed by atoms with Crippen LogP contribution in [0.1, 0.15) is 45.6 Å². The summed E-state index contributed by atoms with van der Waals surface area (Å²) in [4.78, 5) is 25.6. The fraction of sp³-hybridized carbons (Fsp3) is 0.400. The van der Waals surface area contributed by atoms with Crippen molar-refractivity contribution in [1.29, 1.82) is 0 Å². The maximum absolute atomic E-state index is 12.3. The Morgan fingerprint density at radius 3 is 2.85 bits per heavy atom. The average Bonchev–Trinajstić information content (AvgIpc) is 3.21. The molecule has 7 heteroatoms. The van der Waals surface area contributed by atoms with Gasteiger partial charge in [-0.25, -0.2) is 4.79 Å². The molecule has 1 aromatic heterocycles. The van der Waals surface area contributed by atoms with E-state index in [2.05, 4.69) is 5.32 Å². The summed E-state index contributed by atoms with van der Waals surface area (Å²) in [6, 6.07) is 5.48. The van der Waals surface area contributed by atoms with Crippen molar-refractivity contribution in [2.45, 2.75) is 39.0 Å². The van der Waals surface area contributed by atoms with Crippen LogP contribution in [0.2, 0.25) is 5.02 Å². The summed E-state index contributed by atoms with van der Waals surface area (Å²) in [5.74, 6) is 0.224. The normalized spacial score (nSPS) is 12.6. The first-order valence-electron chi connectivity index (χ1n) is 8.91. The molecule has 3 rings (SSSR count). The van der Waals surface area contributed by atoms with E-state index in [1.165, 1.54) is 23.3 Å². The number of rotatable bonds is 7. The lowest BCUT2D eigenvalue weighted by Crippen LogP contribution is -2.15. The van der Waals surface area contributed by atoms with E-state index >= 15 is 0 Å². The van der Waals surface area contributed by atoms with Gasteiger partial charge in [-0.1, -0.05) is 11.6 Å². The van der Waals surface area contributed by atoms with Gasteiger partial charge in [-0.3, -0.25) is 4.79 Å². The Kier molecular flexibility index (Phi) is 6.39. The third-order valence-corrected chi connectivity index (χ3v) is 6.14. The van der Waals surface area contributed by atoms with Gasteiger partial charge in [-0.15, -0.1) is 11.3 Å². The van der Waals surface area contributed by atoms with Gasteiger partial charge in [-0.2, -0.15) is 0 Å². The molecule has 0 atom stereocenters. The van der Waals surface area contributed by atoms with Gasteiger partial charge in [0.1, 0.15) is 10.8 Å². The third kappa shape index (κ3) is 4.62. The van der Waals surface area contributed by atoms with Gasteiger partial charge in [0.15, 0.2) is 0 Å². The second-order valence-electron chi connectivity index (χ2n) is 6.46. The summed E-state index contributed by atoms with van der Waals surface area (Å²) < 4.78 is 10.6. The number of halogens is 1. The van der Waals surface area contributed by atoms with Gasteiger partial charge < -0.3 is 14.8 Å². The number of esters is 1. The molecule has 0 bridgehead atoms. The number of fused-ring (bicyclic) bond motifs is 1. The molecular weight excluding hydrogens is 386 g/mol. The van der Waals surface area contributed by atoms with Crippen molar-refractivity contribution in [2.75, 3.05) is 19.0 Å². The van der Waals surface area contributed by atoms with Crippen LogP contribution in [0, 0.1) is 6.92 Å². The number of carbonyl (C=O) groups excluding carboxylic acids is 2. The molecule has 0 saturated carbocycles. The minimum absolute atomic E-state index is 0.129. The number of carbonyl (C=O) groups is 2. The van der Waals surface area contributed by atoms with Crippen LogP contribution in [0.5, 0.6) is 5.75 Å². The van der Waals surface area contributed by atoms with Crippen LogP contribution in [0.25, 0.3) is 0 Å². The minimum atomic E-state index is -0.383. The highest BCUT2D eigenvalue weighted by Crippen LogP contribution is 2.39. The Morgan fingerprint density at radius 1 is 1.30 bits per heavy atom. The SMILES string of the molecule is COC(=O)c1c(NC(=O)CCCOc2ccc(Cl)c(C)c2)sc2c1CCC2. The van der Waals surface area contributed by atoms with Crippen LogP contribution in [0.4, 0.5) is 5.00 Å². The van der Waals surface area contributed by atoms with E-state index in [4.69, 9.17) is 21.1 Å². The number of ether oxygens (including phenoxy) is 2. The summed E-state index contributed by atoms with van der Waals surface area (Å²) >= 11 is 7.48. The fourth-order valence-electron chi connectivity index (χ4n) is 3.13. The molecule has 144 valence electrons. The van der Waals surface area contributed by atoms with E-state index in [9.17, 15) is 9.59 Å². The molecule has 1 aliphatic rings. The summed E-state index contributed by atoms with van der Waals surface area (Å²) in [6.07, 6.45) is 3.75. The summed E-state index contributed by atoms with van der Waals surface area (Å²) in [7, 11) is 1.36. The summed E-state index contributed by atoms with van der Waals surface area (Å²) in [5, 5.41) is 4.18. The number of thiophene rings is 1. The van der Waals surface area contributed by atoms with Crippen LogP contribution >= 0.6 is 22.9 Å². The van der Waals surface area contributed by atoms with Gasteiger partial charge in [0.2, 0.25) is 5.91 Å². The zero-order valence-corrected chi connectivity index (χ0v) is 17.0. The lowest BCUT2D eigenvalue weighted by molar-refractivity contribution is -0.116. The van der Waals surface area contributed by atoms with Crippen molar-refractivity contribution < 1.29 is 19.1 Å². The van der Waals surface area contributed by atoms with E-state index in [1.807, 2.05) is 19.1 Å². The standard InChI is InChI=1S/C20H22ClNO4S/c1-12-11-13(8-9-15(12)21)26-10-4-7-17(23)22-19-18(20(24)25-2)14-5-3-6-16(14)27-19/h8-9,11H,3-7,10H2,1-2H3,(H,22,23). The second kappa shape index (κ2) is 8.76. The number of amides is 1. The number of nitrogens with one attached hydrogen (secondary N) is 1. The third-order valence-electron chi connectivity index (χ3n) is 4.51. The number of anilines is 1. The molecule has 0 unspecified atom stereocenters. The first kappa shape index (κ1) is 19.7. The van der Waals surface area contributed by atoms with Crippen LogP contribution < -0.4 is 10.1 Å². The monoisotopic (exact) mass is 407 g/mol. The molecule has 1 amide bonds. The van der Waals surface area contributed by atoms with Crippen LogP contribution in [-0.4, -0.2) is 25.6 Å². The average molecular weight is 408 g/mol. The van der Waals surface area contributed by atoms with E-state index in [0.29, 0.717) is 35.0 Å². The second-order valence-corrected chi connectivity index (χ2v) is 7.98. The largest absolute Gasteiger partial charge is 0.494 e. The van der Waals surface area contributed by atoms with E-state index < -0.39 is 0 Å². The molecule has 1 heterocycles. The lowest BCUT2D eigenvalue weighted by atomic mass is 10.1. The fourth-order valence-corrected chi connectivity index (χ4v) is 4.54. The highest BCUT2D eigenvalue weighted by molar-refractivity contribution is 7.17. The van der Waals surface area contributed by atoms with Crippen LogP contribution in [-0.2, 0) is 22.4 Å². The van der Waals surface area contributed by atoms with Crippen molar-refractivity contribution in [3.8, 4) is 5.75 Å². The van der Waals surface area contributed by atoms with Crippen molar-refractivity contribution in [2.24, 2.45) is 0 Å². The minimum Gasteiger partial charge on any atom is -0.494 e. The molecule has 0 aliphatic heterocycles. The lowest BCUT2D eigenvalue weighted by Gasteiger charge is -2.09. The number of aryl methyl sites for hydroxylation is 2.